The number of nitrogen functional groups attached to an aromatic ring is 3. The molecule has 0 aliphatic rings. The number of sulfonamides is 1. The molecule has 13 aromatic carbocycles. The minimum Gasteiger partial charge on any atom is -0.478 e. The van der Waals surface area contributed by atoms with Gasteiger partial charge in [-0.2, -0.15) is 10.5 Å². The van der Waals surface area contributed by atoms with Gasteiger partial charge in [-0.25, -0.2) is 27.9 Å². The number of carboxylic acids is 1. The predicted molar refractivity (Wildman–Crippen MR) is 599 cm³/mol. The summed E-state index contributed by atoms with van der Waals surface area (Å²) in [5, 5.41) is 59.4. The number of anilines is 7. The number of methoxy groups -OCH3 is 2. The first kappa shape index (κ1) is 113. The number of carbonyl (C=O) groups is 9. The number of nitrogens with zero attached hydrogens (tertiary/aromatic N) is 2. The molecule has 17 rings (SSSR count). The van der Waals surface area contributed by atoms with Crippen LogP contribution in [0.2, 0.25) is 17.4 Å². The summed E-state index contributed by atoms with van der Waals surface area (Å²) in [5.41, 5.74) is 38.0. The number of amidine groups is 1. The molecule has 15 N–H and O–H groups in total. The molecule has 17 aromatic rings. The van der Waals surface area contributed by atoms with Gasteiger partial charge in [0.1, 0.15) is 25.3 Å². The van der Waals surface area contributed by atoms with Crippen molar-refractivity contribution in [3.05, 3.63) is 448 Å². The molecule has 0 spiro atoms. The number of hydrogen-bond donors (Lipinski definition) is 11. The smallest absolute Gasteiger partial charge is 0.350 e. The molecule has 0 saturated carbocycles. The molecular weight excluding hydrogens is 2000 g/mol. The lowest BCUT2D eigenvalue weighted by Gasteiger charge is -2.10. The summed E-state index contributed by atoms with van der Waals surface area (Å²) in [6.45, 7) is 8.22. The van der Waals surface area contributed by atoms with Crippen molar-refractivity contribution < 1.29 is 66.1 Å². The topological polar surface area (TPSA) is 462 Å². The maximum absolute atomic E-state index is 12.8. The lowest BCUT2D eigenvalue weighted by molar-refractivity contribution is 0.0598. The second-order valence-corrected chi connectivity index (χ2v) is 41.9. The Morgan fingerprint density at radius 2 is 0.676 bits per heavy atom. The summed E-state index contributed by atoms with van der Waals surface area (Å²) in [4.78, 5) is 109. The van der Waals surface area contributed by atoms with Crippen LogP contribution in [0.5, 0.6) is 0 Å². The SMILES string of the molecule is COC(=O)c1sccc1N.COC(=O)c1sccc1NC(=O)c1ccc(-c2ccccc2C)cc1.Cc1ccccc1-c1ccc(C(=O)Cl)cc1.Cc1ccccc1-c1ccc(C(=O)Nc2ccsc2C(=O)Nc2cccc(C#N)c2)cc1.Cc1ccccc1-c1ccc(C(=O)O)cc1.N#Cc1cccc(N)c1.N=C(N)c1cccc(NC(=O)c2sccc2NC(=O)c2ccc(-c3ccccc3S(N)(=O)=O)cc2)c1.[CH3][Al]([CH3])[CH3]. The van der Waals surface area contributed by atoms with Crippen LogP contribution in [0.15, 0.2) is 366 Å². The third-order valence-electron chi connectivity index (χ3n) is 21.3. The maximum atomic E-state index is 12.8. The van der Waals surface area contributed by atoms with Gasteiger partial charge >= 0.3 is 17.9 Å². The fourth-order valence-corrected chi connectivity index (χ4v) is 17.8. The Morgan fingerprint density at radius 3 is 1.01 bits per heavy atom. The van der Waals surface area contributed by atoms with Crippen molar-refractivity contribution >= 4 is 179 Å². The molecular formula is C115H102AlClN12O14S5. The number of aryl methyl sites for hydroxylation is 4. The average Bonchev–Trinajstić information content (AvgIpc) is 1.47. The number of carbonyl (C=O) groups excluding carboxylic acids is 8. The quantitative estimate of drug-likeness (QED) is 0.00795. The number of amides is 5. The number of carboxylic acid groups (broad SMARTS) is 1. The molecule has 0 radical (unpaired) electrons. The Labute approximate surface area is 882 Å². The first-order valence-electron chi connectivity index (χ1n) is 45.2. The lowest BCUT2D eigenvalue weighted by atomic mass is 9.99. The normalized spacial score (nSPS) is 10.1. The summed E-state index contributed by atoms with van der Waals surface area (Å²) in [5.74, 6) is 3.32. The van der Waals surface area contributed by atoms with E-state index >= 15 is 0 Å². The van der Waals surface area contributed by atoms with Gasteiger partial charge in [0, 0.05) is 50.4 Å². The molecule has 0 unspecified atom stereocenters. The van der Waals surface area contributed by atoms with Crippen LogP contribution >= 0.6 is 56.9 Å². The number of benzene rings is 13. The van der Waals surface area contributed by atoms with Crippen LogP contribution in [0.25, 0.3) is 55.6 Å². The highest BCUT2D eigenvalue weighted by Gasteiger charge is 2.23. The largest absolute Gasteiger partial charge is 0.478 e. The zero-order valence-electron chi connectivity index (χ0n) is 81.6. The number of aromatic carboxylic acids is 1. The van der Waals surface area contributed by atoms with E-state index in [2.05, 4.69) is 99.8 Å². The summed E-state index contributed by atoms with van der Waals surface area (Å²) in [7, 11) is -1.27. The van der Waals surface area contributed by atoms with Crippen molar-refractivity contribution in [2.75, 3.05) is 52.3 Å². The van der Waals surface area contributed by atoms with E-state index in [0.717, 1.165) is 38.9 Å². The van der Waals surface area contributed by atoms with Crippen molar-refractivity contribution in [3.63, 3.8) is 0 Å². The fraction of sp³-hybridized carbons (Fsp3) is 0.0783. The molecule has 0 bridgehead atoms. The molecule has 148 heavy (non-hydrogen) atoms. The predicted octanol–water partition coefficient (Wildman–Crippen LogP) is 25.7. The minimum absolute atomic E-state index is 0.00929. The number of halogens is 1. The fourth-order valence-electron chi connectivity index (χ4n) is 13.9. The van der Waals surface area contributed by atoms with Crippen molar-refractivity contribution in [2.45, 2.75) is 49.9 Å². The van der Waals surface area contributed by atoms with Crippen LogP contribution in [-0.2, 0) is 19.5 Å². The van der Waals surface area contributed by atoms with Gasteiger partial charge < -0.3 is 58.4 Å². The van der Waals surface area contributed by atoms with E-state index in [9.17, 15) is 51.6 Å². The van der Waals surface area contributed by atoms with Gasteiger partial charge in [-0.1, -0.05) is 200 Å². The summed E-state index contributed by atoms with van der Waals surface area (Å²) >= 11 is 10.2. The highest BCUT2D eigenvalue weighted by atomic mass is 35.5. The monoisotopic (exact) mass is 2100 g/mol. The van der Waals surface area contributed by atoms with Crippen LogP contribution in [0.1, 0.15) is 129 Å². The number of nitrogens with two attached hydrogens (primary N) is 4. The van der Waals surface area contributed by atoms with E-state index in [1.54, 1.807) is 210 Å². The van der Waals surface area contributed by atoms with E-state index in [4.69, 9.17) is 59.7 Å². The molecule has 33 heteroatoms. The Kier molecular flexibility index (Phi) is 42.4. The molecule has 4 heterocycles. The summed E-state index contributed by atoms with van der Waals surface area (Å²) in [6, 6.07) is 105. The van der Waals surface area contributed by atoms with Crippen molar-refractivity contribution in [2.24, 2.45) is 10.9 Å². The average molecular weight is 2100 g/mol. The van der Waals surface area contributed by atoms with Gasteiger partial charge in [0.2, 0.25) is 10.0 Å². The number of thiophene rings is 4. The molecule has 0 aliphatic carbocycles. The maximum Gasteiger partial charge on any atom is 0.350 e. The lowest BCUT2D eigenvalue weighted by Crippen LogP contribution is -2.17. The molecule has 4 aromatic heterocycles. The number of nitrogens with one attached hydrogen (secondary N) is 6. The molecule has 26 nitrogen and oxygen atoms in total. The third-order valence-corrected chi connectivity index (χ3v) is 26.1. The van der Waals surface area contributed by atoms with Gasteiger partial charge in [-0.05, 0) is 273 Å². The van der Waals surface area contributed by atoms with Crippen molar-refractivity contribution in [1.29, 1.82) is 15.9 Å². The number of ether oxygens (including phenoxy) is 2. The zero-order valence-corrected chi connectivity index (χ0v) is 87.6. The Morgan fingerprint density at radius 1 is 0.365 bits per heavy atom. The van der Waals surface area contributed by atoms with Crippen molar-refractivity contribution in [3.8, 4) is 67.8 Å². The van der Waals surface area contributed by atoms with E-state index < -0.39 is 39.0 Å². The second kappa shape index (κ2) is 55.7. The number of rotatable bonds is 21. The van der Waals surface area contributed by atoms with Gasteiger partial charge in [0.05, 0.1) is 70.7 Å². The van der Waals surface area contributed by atoms with Crippen LogP contribution in [0, 0.1) is 55.8 Å². The van der Waals surface area contributed by atoms with Crippen molar-refractivity contribution in [1.82, 2.24) is 0 Å². The minimum atomic E-state index is -3.92. The number of nitriles is 2. The van der Waals surface area contributed by atoms with E-state index in [1.165, 1.54) is 93.5 Å². The standard InChI is InChI=1S/C26H19N3O2S.C25H21N5O4S2.C20H17NO3S.C14H11ClO.C14H12O2.C7H6N2.C6H7NO2S.3CH3.Al/c1-17-5-2-3-8-22(17)19-9-11-20(12-10-19)25(30)29-23-13-14-32-24(23)26(31)28-21-7-4-6-18(15-21)16-27;26-23(27)17-4-3-5-18(14-17)29-25(32)22-20(12-13-35-22)30-24(31)16-10-8-15(9-11-16)19-6-1-2-7-21(19)36(28,33)34;1-13-5-3-4-6-16(13)14-7-9-15(10-8-14)19(22)21-17-11-12-25-18(17)20(23)24-2;2*1-10-4-2-3-5-13(10)11-6-8-12(9-7-11)14(15)16;8-5-6-2-1-3-7(9)4-6;1-9-6(8)5-4(7)2-3-10-5;;;;/h2-15H,1H3,(H,28,31)(H,29,30);1-14H,(H3,26,27)(H,29,32)(H,30,31)(H2,28,33,34);3-12H,1-2H3,(H,21,22);2-9H,1H3;2-9H,1H3,(H,15,16);1-4H,9H2;2-3H,7H2,1H3;3*1H3;. The second-order valence-electron chi connectivity index (χ2n) is 32.9. The Hall–Kier alpha value is -17.1. The van der Waals surface area contributed by atoms with Crippen LogP contribution in [-0.4, -0.2) is 100 Å². The van der Waals surface area contributed by atoms with Crippen LogP contribution < -0.4 is 48.9 Å². The molecule has 5 amide bonds. The molecule has 0 saturated heterocycles. The highest BCUT2D eigenvalue weighted by molar-refractivity contribution is 7.89. The van der Waals surface area contributed by atoms with Crippen LogP contribution in [0.4, 0.5) is 39.8 Å². The first-order valence-corrected chi connectivity index (χ1v) is 54.2. The molecule has 746 valence electrons. The first-order chi connectivity index (χ1) is 70.9. The molecule has 0 aliphatic heterocycles. The Bertz CT molecular complexity index is 7690. The van der Waals surface area contributed by atoms with Gasteiger partial charge in [-0.15, -0.1) is 62.7 Å². The summed E-state index contributed by atoms with van der Waals surface area (Å²) in [6.07, 6.45) is 0. The van der Waals surface area contributed by atoms with E-state index in [-0.39, 0.29) is 48.6 Å². The van der Waals surface area contributed by atoms with Gasteiger partial charge in [0.25, 0.3) is 48.9 Å². The Balaban J connectivity index is 0.000000183. The van der Waals surface area contributed by atoms with Crippen LogP contribution in [0.3, 0.4) is 0 Å². The van der Waals surface area contributed by atoms with E-state index in [1.807, 2.05) is 134 Å². The van der Waals surface area contributed by atoms with Gasteiger partial charge in [0.15, 0.2) is 0 Å². The molecule has 0 atom stereocenters. The number of hydrogen-bond acceptors (Lipinski definition) is 22. The zero-order chi connectivity index (χ0) is 107. The number of esters is 2. The third kappa shape index (κ3) is 33.2. The van der Waals surface area contributed by atoms with E-state index in [0.29, 0.717) is 115 Å². The number of primary sulfonamides is 1. The summed E-state index contributed by atoms with van der Waals surface area (Å²) < 4.78 is 33.0. The van der Waals surface area contributed by atoms with Gasteiger partial charge in [-0.3, -0.25) is 34.2 Å². The molecule has 0 fully saturated rings. The highest BCUT2D eigenvalue weighted by Crippen LogP contribution is 2.34.